The number of carbonyl (C=O) groups excluding carboxylic acids is 1. The minimum atomic E-state index is -0.478. The molecule has 0 aliphatic heterocycles. The summed E-state index contributed by atoms with van der Waals surface area (Å²) in [5.74, 6) is -0.450. The number of nitrogens with zero attached hydrogens (tertiary/aromatic N) is 3. The van der Waals surface area contributed by atoms with Crippen molar-refractivity contribution in [1.29, 1.82) is 0 Å². The smallest absolute Gasteiger partial charge is 0.272 e. The fourth-order valence-electron chi connectivity index (χ4n) is 2.60. The van der Waals surface area contributed by atoms with Gasteiger partial charge in [0, 0.05) is 23.3 Å². The van der Waals surface area contributed by atoms with Crippen LogP contribution >= 0.6 is 0 Å². The first-order valence-electron chi connectivity index (χ1n) is 8.72. The molecule has 1 amide bonds. The van der Waals surface area contributed by atoms with Gasteiger partial charge in [-0.1, -0.05) is 43.3 Å². The number of aryl methyl sites for hydroxylation is 1. The van der Waals surface area contributed by atoms with Gasteiger partial charge in [0.05, 0.1) is 16.3 Å². The molecule has 0 saturated carbocycles. The Balaban J connectivity index is 1.71. The molecule has 0 saturated heterocycles. The van der Waals surface area contributed by atoms with E-state index in [9.17, 15) is 14.9 Å². The zero-order valence-corrected chi connectivity index (χ0v) is 15.5. The molecule has 0 spiro atoms. The number of carbonyl (C=O) groups is 1. The number of hydrogen-bond donors (Lipinski definition) is 2. The number of aromatic amines is 1. The Bertz CT molecular complexity index is 1040. The van der Waals surface area contributed by atoms with Gasteiger partial charge in [0.15, 0.2) is 0 Å². The third-order valence-electron chi connectivity index (χ3n) is 4.28. The van der Waals surface area contributed by atoms with Gasteiger partial charge in [-0.15, -0.1) is 0 Å². The molecule has 142 valence electrons. The summed E-state index contributed by atoms with van der Waals surface area (Å²) in [5.41, 5.74) is 6.46. The second-order valence-corrected chi connectivity index (χ2v) is 6.16. The highest BCUT2D eigenvalue weighted by atomic mass is 16.6. The lowest BCUT2D eigenvalue weighted by Crippen LogP contribution is -2.19. The van der Waals surface area contributed by atoms with Gasteiger partial charge in [-0.2, -0.15) is 10.2 Å². The van der Waals surface area contributed by atoms with E-state index < -0.39 is 10.8 Å². The van der Waals surface area contributed by atoms with E-state index in [-0.39, 0.29) is 11.4 Å². The van der Waals surface area contributed by atoms with E-state index in [1.54, 1.807) is 25.1 Å². The van der Waals surface area contributed by atoms with Crippen LogP contribution in [0.4, 0.5) is 5.69 Å². The summed E-state index contributed by atoms with van der Waals surface area (Å²) in [4.78, 5) is 22.7. The average Bonchev–Trinajstić information content (AvgIpc) is 3.22. The van der Waals surface area contributed by atoms with Crippen molar-refractivity contribution in [2.24, 2.45) is 5.10 Å². The summed E-state index contributed by atoms with van der Waals surface area (Å²) >= 11 is 0. The molecule has 0 fully saturated rings. The van der Waals surface area contributed by atoms with Gasteiger partial charge < -0.3 is 0 Å². The average molecular weight is 377 g/mol. The first-order chi connectivity index (χ1) is 13.5. The molecule has 0 unspecified atom stereocenters. The van der Waals surface area contributed by atoms with Crippen molar-refractivity contribution in [3.05, 3.63) is 81.5 Å². The Kier molecular flexibility index (Phi) is 5.59. The SMILES string of the molecule is CCc1ccc(-c2cc(C(=O)NN=C(C)c3cccc([N+](=O)[O-])c3)[nH]n2)cc1. The molecule has 2 N–H and O–H groups in total. The van der Waals surface area contributed by atoms with Crippen LogP contribution in [-0.4, -0.2) is 26.7 Å². The highest BCUT2D eigenvalue weighted by molar-refractivity contribution is 6.01. The molecular weight excluding hydrogens is 358 g/mol. The van der Waals surface area contributed by atoms with E-state index in [1.807, 2.05) is 24.3 Å². The second-order valence-electron chi connectivity index (χ2n) is 6.16. The second kappa shape index (κ2) is 8.26. The number of nitro benzene ring substituents is 1. The van der Waals surface area contributed by atoms with Gasteiger partial charge in [0.1, 0.15) is 5.69 Å². The van der Waals surface area contributed by atoms with Gasteiger partial charge in [-0.05, 0) is 25.0 Å². The van der Waals surface area contributed by atoms with Crippen molar-refractivity contribution < 1.29 is 9.72 Å². The molecular formula is C20H19N5O3. The van der Waals surface area contributed by atoms with E-state index in [2.05, 4.69) is 27.6 Å². The summed E-state index contributed by atoms with van der Waals surface area (Å²) < 4.78 is 0. The number of hydrogen-bond acceptors (Lipinski definition) is 5. The van der Waals surface area contributed by atoms with Crippen molar-refractivity contribution in [2.45, 2.75) is 20.3 Å². The Hall–Kier alpha value is -3.81. The Labute approximate surface area is 161 Å². The van der Waals surface area contributed by atoms with Gasteiger partial charge in [0.2, 0.25) is 0 Å². The van der Waals surface area contributed by atoms with Crippen molar-refractivity contribution in [3.8, 4) is 11.3 Å². The molecule has 3 rings (SSSR count). The first kappa shape index (κ1) is 19.0. The molecule has 0 radical (unpaired) electrons. The number of aromatic nitrogens is 2. The Morgan fingerprint density at radius 2 is 1.96 bits per heavy atom. The monoisotopic (exact) mass is 377 g/mol. The van der Waals surface area contributed by atoms with E-state index in [0.717, 1.165) is 12.0 Å². The molecule has 2 aromatic carbocycles. The Morgan fingerprint density at radius 1 is 1.21 bits per heavy atom. The number of amides is 1. The van der Waals surface area contributed by atoms with Crippen LogP contribution in [0.1, 0.15) is 35.5 Å². The van der Waals surface area contributed by atoms with Crippen molar-refractivity contribution in [3.63, 3.8) is 0 Å². The van der Waals surface area contributed by atoms with Gasteiger partial charge >= 0.3 is 0 Å². The third-order valence-corrected chi connectivity index (χ3v) is 4.28. The molecule has 0 bridgehead atoms. The molecule has 0 aliphatic carbocycles. The summed E-state index contributed by atoms with van der Waals surface area (Å²) in [6.07, 6.45) is 0.955. The number of hydrazone groups is 1. The quantitative estimate of drug-likeness (QED) is 0.387. The minimum Gasteiger partial charge on any atom is -0.272 e. The lowest BCUT2D eigenvalue weighted by molar-refractivity contribution is -0.384. The highest BCUT2D eigenvalue weighted by Gasteiger charge is 2.12. The van der Waals surface area contributed by atoms with Crippen LogP contribution in [0.2, 0.25) is 0 Å². The lowest BCUT2D eigenvalue weighted by atomic mass is 10.1. The first-order valence-corrected chi connectivity index (χ1v) is 8.72. The maximum absolute atomic E-state index is 12.3. The molecule has 0 atom stereocenters. The summed E-state index contributed by atoms with van der Waals surface area (Å²) in [6, 6.07) is 15.7. The van der Waals surface area contributed by atoms with Crippen LogP contribution in [0, 0.1) is 10.1 Å². The third kappa shape index (κ3) is 4.29. The predicted octanol–water partition coefficient (Wildman–Crippen LogP) is 3.70. The number of H-pyrrole nitrogens is 1. The fraction of sp³-hybridized carbons (Fsp3) is 0.150. The van der Waals surface area contributed by atoms with E-state index in [4.69, 9.17) is 0 Å². The normalized spacial score (nSPS) is 11.3. The summed E-state index contributed by atoms with van der Waals surface area (Å²) in [5, 5.41) is 21.8. The van der Waals surface area contributed by atoms with Crippen LogP contribution < -0.4 is 5.43 Å². The van der Waals surface area contributed by atoms with Crippen molar-refractivity contribution in [2.75, 3.05) is 0 Å². The van der Waals surface area contributed by atoms with Gasteiger partial charge in [-0.25, -0.2) is 5.43 Å². The zero-order valence-electron chi connectivity index (χ0n) is 15.5. The standard InChI is InChI=1S/C20H19N5O3/c1-3-14-7-9-15(10-8-14)18-12-19(23-22-18)20(26)24-21-13(2)16-5-4-6-17(11-16)25(27)28/h4-12H,3H2,1-2H3,(H,22,23)(H,24,26). The number of benzene rings is 2. The van der Waals surface area contributed by atoms with Gasteiger partial charge in [-0.3, -0.25) is 20.0 Å². The Morgan fingerprint density at radius 3 is 2.64 bits per heavy atom. The largest absolute Gasteiger partial charge is 0.289 e. The van der Waals surface area contributed by atoms with Crippen LogP contribution in [0.3, 0.4) is 0 Å². The summed E-state index contributed by atoms with van der Waals surface area (Å²) in [7, 11) is 0. The van der Waals surface area contributed by atoms with E-state index in [0.29, 0.717) is 17.0 Å². The maximum atomic E-state index is 12.3. The highest BCUT2D eigenvalue weighted by Crippen LogP contribution is 2.19. The van der Waals surface area contributed by atoms with Crippen LogP contribution in [0.25, 0.3) is 11.3 Å². The summed E-state index contributed by atoms with van der Waals surface area (Å²) in [6.45, 7) is 3.75. The van der Waals surface area contributed by atoms with E-state index >= 15 is 0 Å². The number of rotatable bonds is 6. The maximum Gasteiger partial charge on any atom is 0.289 e. The lowest BCUT2D eigenvalue weighted by Gasteiger charge is -2.02. The molecule has 1 aromatic heterocycles. The molecule has 3 aromatic rings. The number of nitro groups is 1. The minimum absolute atomic E-state index is 0.0364. The van der Waals surface area contributed by atoms with Crippen molar-refractivity contribution in [1.82, 2.24) is 15.6 Å². The van der Waals surface area contributed by atoms with Gasteiger partial charge in [0.25, 0.3) is 11.6 Å². The fourth-order valence-corrected chi connectivity index (χ4v) is 2.60. The topological polar surface area (TPSA) is 113 Å². The van der Waals surface area contributed by atoms with Crippen LogP contribution in [-0.2, 0) is 6.42 Å². The molecule has 8 nitrogen and oxygen atoms in total. The molecule has 28 heavy (non-hydrogen) atoms. The molecule has 0 aliphatic rings. The molecule has 1 heterocycles. The van der Waals surface area contributed by atoms with Crippen LogP contribution in [0.15, 0.2) is 59.7 Å². The number of nitrogens with one attached hydrogen (secondary N) is 2. The van der Waals surface area contributed by atoms with E-state index in [1.165, 1.54) is 17.7 Å². The van der Waals surface area contributed by atoms with Crippen LogP contribution in [0.5, 0.6) is 0 Å². The molecule has 8 heteroatoms. The number of non-ortho nitro benzene ring substituents is 1. The zero-order chi connectivity index (χ0) is 20.1. The predicted molar refractivity (Wildman–Crippen MR) is 106 cm³/mol. The van der Waals surface area contributed by atoms with Crippen molar-refractivity contribution >= 4 is 17.3 Å².